The summed E-state index contributed by atoms with van der Waals surface area (Å²) in [6, 6.07) is 0. The first-order chi connectivity index (χ1) is 22.7. The lowest BCUT2D eigenvalue weighted by molar-refractivity contribution is -0.300. The van der Waals surface area contributed by atoms with Crippen molar-refractivity contribution < 1.29 is 73.9 Å². The summed E-state index contributed by atoms with van der Waals surface area (Å²) in [5, 5.41) is 76.6. The van der Waals surface area contributed by atoms with Crippen LogP contribution in [0.3, 0.4) is 0 Å². The normalized spacial score (nSPS) is 30.5. The van der Waals surface area contributed by atoms with Gasteiger partial charge in [-0.25, -0.2) is 0 Å². The lowest BCUT2D eigenvalue weighted by atomic mass is 9.99. The summed E-state index contributed by atoms with van der Waals surface area (Å²) < 4.78 is 21.3. The van der Waals surface area contributed by atoms with E-state index in [2.05, 4.69) is 16.0 Å². The van der Waals surface area contributed by atoms with Gasteiger partial charge in [0.15, 0.2) is 12.6 Å². The van der Waals surface area contributed by atoms with Crippen molar-refractivity contribution in [3.63, 3.8) is 0 Å². The molecule has 3 amide bonds. The summed E-state index contributed by atoms with van der Waals surface area (Å²) >= 11 is 0. The summed E-state index contributed by atoms with van der Waals surface area (Å²) in [5.74, 6) is -1.47. The third kappa shape index (κ3) is 14.2. The number of rotatable bonds is 21. The van der Waals surface area contributed by atoms with Crippen LogP contribution in [-0.2, 0) is 38.1 Å². The van der Waals surface area contributed by atoms with Crippen molar-refractivity contribution in [2.24, 2.45) is 0 Å². The molecule has 2 aliphatic heterocycles. The first-order valence-electron chi connectivity index (χ1n) is 16.0. The van der Waals surface area contributed by atoms with Gasteiger partial charge in [0.2, 0.25) is 17.7 Å². The fourth-order valence-electron chi connectivity index (χ4n) is 4.94. The maximum atomic E-state index is 12.7. The Balaban J connectivity index is 1.82. The van der Waals surface area contributed by atoms with E-state index in [9.17, 15) is 54.9 Å². The SMILES string of the molecule is CC(=O)CCCCCNC(=O)CN(CC(=O)NCCO[C@@H]1O[C@@H](C)[C@@H](O)[C@@H](O)[C@@H]1O)CC(=O)NCCO[C@H]1O[C@H](CO)[C@@H](O)[C@H](O)[C@H]1O. The van der Waals surface area contributed by atoms with Crippen molar-refractivity contribution in [2.75, 3.05) is 59.1 Å². The first-order valence-corrected chi connectivity index (χ1v) is 16.0. The van der Waals surface area contributed by atoms with Crippen LogP contribution in [0.2, 0.25) is 0 Å². The van der Waals surface area contributed by atoms with Crippen molar-refractivity contribution in [1.29, 1.82) is 0 Å². The Kier molecular flexibility index (Phi) is 18.8. The number of hydrogen-bond acceptors (Lipinski definition) is 16. The van der Waals surface area contributed by atoms with Crippen LogP contribution < -0.4 is 16.0 Å². The number of Topliss-reactive ketones (excluding diaryl/α,β-unsaturated/α-hetero) is 1. The van der Waals surface area contributed by atoms with Crippen LogP contribution in [0.25, 0.3) is 0 Å². The molecule has 2 saturated heterocycles. The van der Waals surface area contributed by atoms with E-state index in [1.807, 2.05) is 0 Å². The van der Waals surface area contributed by atoms with Gasteiger partial charge in [0.05, 0.1) is 45.6 Å². The molecular weight excluding hydrogens is 644 g/mol. The first kappa shape index (κ1) is 41.8. The molecule has 2 aliphatic rings. The summed E-state index contributed by atoms with van der Waals surface area (Å²) in [5.41, 5.74) is 0. The number of unbranched alkanes of at least 4 members (excludes halogenated alkanes) is 2. The Hall–Kier alpha value is -2.40. The van der Waals surface area contributed by atoms with E-state index < -0.39 is 85.7 Å². The Labute approximate surface area is 278 Å². The second-order valence-corrected chi connectivity index (χ2v) is 11.8. The summed E-state index contributed by atoms with van der Waals surface area (Å²) in [6.45, 7) is 1.27. The molecule has 0 spiro atoms. The summed E-state index contributed by atoms with van der Waals surface area (Å²) in [4.78, 5) is 50.3. The smallest absolute Gasteiger partial charge is 0.234 e. The predicted octanol–water partition coefficient (Wildman–Crippen LogP) is -5.55. The van der Waals surface area contributed by atoms with E-state index in [0.29, 0.717) is 25.8 Å². The fraction of sp³-hybridized carbons (Fsp3) is 0.862. The molecule has 0 bridgehead atoms. The number of aliphatic hydroxyl groups excluding tert-OH is 7. The summed E-state index contributed by atoms with van der Waals surface area (Å²) in [6.07, 6.45) is -11.0. The van der Waals surface area contributed by atoms with Crippen molar-refractivity contribution in [1.82, 2.24) is 20.9 Å². The molecule has 0 aromatic rings. The number of amides is 3. The Morgan fingerprint density at radius 1 is 0.646 bits per heavy atom. The number of carbonyl (C=O) groups is 4. The summed E-state index contributed by atoms with van der Waals surface area (Å²) in [7, 11) is 0. The monoisotopic (exact) mass is 696 g/mol. The molecule has 19 heteroatoms. The quantitative estimate of drug-likeness (QED) is 0.0501. The molecule has 2 heterocycles. The van der Waals surface area contributed by atoms with Crippen molar-refractivity contribution in [3.05, 3.63) is 0 Å². The average molecular weight is 697 g/mol. The number of carbonyl (C=O) groups excluding carboxylic acids is 4. The third-order valence-electron chi connectivity index (χ3n) is 7.70. The minimum Gasteiger partial charge on any atom is -0.394 e. The van der Waals surface area contributed by atoms with E-state index in [0.717, 1.165) is 6.42 Å². The highest BCUT2D eigenvalue weighted by molar-refractivity contribution is 5.84. The van der Waals surface area contributed by atoms with Gasteiger partial charge in [-0.2, -0.15) is 0 Å². The number of ketones is 1. The molecule has 0 unspecified atom stereocenters. The van der Waals surface area contributed by atoms with Gasteiger partial charge in [0, 0.05) is 26.1 Å². The lowest BCUT2D eigenvalue weighted by Crippen LogP contribution is -2.59. The molecule has 10 N–H and O–H groups in total. The molecule has 2 rings (SSSR count). The van der Waals surface area contributed by atoms with Crippen LogP contribution in [0.15, 0.2) is 0 Å². The largest absolute Gasteiger partial charge is 0.394 e. The predicted molar refractivity (Wildman–Crippen MR) is 163 cm³/mol. The van der Waals surface area contributed by atoms with Gasteiger partial charge in [0.1, 0.15) is 48.5 Å². The van der Waals surface area contributed by atoms with Crippen LogP contribution in [0.5, 0.6) is 0 Å². The van der Waals surface area contributed by atoms with Gasteiger partial charge in [-0.1, -0.05) is 6.42 Å². The number of aliphatic hydroxyl groups is 7. The van der Waals surface area contributed by atoms with Crippen LogP contribution in [0, 0.1) is 0 Å². The number of ether oxygens (including phenoxy) is 4. The highest BCUT2D eigenvalue weighted by atomic mass is 16.7. The number of nitrogens with zero attached hydrogens (tertiary/aromatic N) is 1. The lowest BCUT2D eigenvalue weighted by Gasteiger charge is -2.39. The van der Waals surface area contributed by atoms with Crippen LogP contribution >= 0.6 is 0 Å². The Morgan fingerprint density at radius 3 is 1.62 bits per heavy atom. The molecule has 19 nitrogen and oxygen atoms in total. The number of hydrogen-bond donors (Lipinski definition) is 10. The minimum absolute atomic E-state index is 0.0414. The fourth-order valence-corrected chi connectivity index (χ4v) is 4.94. The molecule has 0 aliphatic carbocycles. The molecule has 10 atom stereocenters. The van der Waals surface area contributed by atoms with Crippen LogP contribution in [0.4, 0.5) is 0 Å². The molecular formula is C29H52N4O15. The Morgan fingerprint density at radius 2 is 1.12 bits per heavy atom. The molecule has 278 valence electrons. The standard InChI is InChI=1S/C29H52N4O15/c1-16(35)6-4-3-5-7-30-19(36)12-33(13-20(37)31-8-10-45-28-26(43)24(41)22(39)17(2)47-28)14-21(38)32-9-11-46-29-27(44)25(42)23(40)18(15-34)48-29/h17-18,22-29,34,39-44H,3-15H2,1-2H3,(H,30,36)(H,31,37)(H,32,38)/t17-,18+,22+,23+,24+,25-,26-,27+,28+,29-/m0/s1. The zero-order valence-corrected chi connectivity index (χ0v) is 27.3. The molecule has 0 aromatic heterocycles. The number of nitrogens with one attached hydrogen (secondary N) is 3. The topological polar surface area (TPSA) is 286 Å². The van der Waals surface area contributed by atoms with Gasteiger partial charge in [-0.05, 0) is 26.7 Å². The average Bonchev–Trinajstić information content (AvgIpc) is 3.03. The highest BCUT2D eigenvalue weighted by Gasteiger charge is 2.44. The maximum absolute atomic E-state index is 12.7. The van der Waals surface area contributed by atoms with Crippen LogP contribution in [-0.4, -0.2) is 185 Å². The molecule has 0 radical (unpaired) electrons. The van der Waals surface area contributed by atoms with E-state index in [-0.39, 0.29) is 51.7 Å². The third-order valence-corrected chi connectivity index (χ3v) is 7.70. The molecule has 0 saturated carbocycles. The van der Waals surface area contributed by atoms with Crippen molar-refractivity contribution >= 4 is 23.5 Å². The molecule has 48 heavy (non-hydrogen) atoms. The van der Waals surface area contributed by atoms with E-state index in [4.69, 9.17) is 18.9 Å². The highest BCUT2D eigenvalue weighted by Crippen LogP contribution is 2.22. The van der Waals surface area contributed by atoms with Gasteiger partial charge < -0.3 is 75.4 Å². The second kappa shape index (κ2) is 21.6. The van der Waals surface area contributed by atoms with E-state index >= 15 is 0 Å². The van der Waals surface area contributed by atoms with Gasteiger partial charge in [0.25, 0.3) is 0 Å². The Bertz CT molecular complexity index is 1010. The van der Waals surface area contributed by atoms with Gasteiger partial charge >= 0.3 is 0 Å². The molecule has 2 fully saturated rings. The van der Waals surface area contributed by atoms with E-state index in [1.165, 1.54) is 18.7 Å². The van der Waals surface area contributed by atoms with Crippen molar-refractivity contribution in [3.8, 4) is 0 Å². The zero-order chi connectivity index (χ0) is 35.8. The molecule has 0 aromatic carbocycles. The zero-order valence-electron chi connectivity index (χ0n) is 27.3. The van der Waals surface area contributed by atoms with Gasteiger partial charge in [-0.3, -0.25) is 19.3 Å². The second-order valence-electron chi connectivity index (χ2n) is 11.8. The van der Waals surface area contributed by atoms with Gasteiger partial charge in [-0.15, -0.1) is 0 Å². The van der Waals surface area contributed by atoms with Crippen LogP contribution in [0.1, 0.15) is 39.5 Å². The minimum atomic E-state index is -1.62. The van der Waals surface area contributed by atoms with Crippen molar-refractivity contribution in [2.45, 2.75) is 101 Å². The maximum Gasteiger partial charge on any atom is 0.234 e. The van der Waals surface area contributed by atoms with E-state index in [1.54, 1.807) is 0 Å².